The predicted molar refractivity (Wildman–Crippen MR) is 121 cm³/mol. The molecule has 0 unspecified atom stereocenters. The van der Waals surface area contributed by atoms with E-state index < -0.39 is 10.0 Å². The van der Waals surface area contributed by atoms with Crippen molar-refractivity contribution in [1.82, 2.24) is 10.0 Å². The van der Waals surface area contributed by atoms with E-state index in [-0.39, 0.29) is 17.3 Å². The zero-order valence-corrected chi connectivity index (χ0v) is 18.9. The molecule has 3 rings (SSSR count). The molecule has 1 saturated carbocycles. The lowest BCUT2D eigenvalue weighted by Gasteiger charge is -2.21. The minimum atomic E-state index is -3.72. The highest BCUT2D eigenvalue weighted by atomic mass is 32.2. The molecule has 1 fully saturated rings. The van der Waals surface area contributed by atoms with Gasteiger partial charge < -0.3 is 10.1 Å². The molecule has 7 heteroatoms. The average molecular weight is 445 g/mol. The molecule has 168 valence electrons. The second-order valence-corrected chi connectivity index (χ2v) is 9.79. The van der Waals surface area contributed by atoms with Crippen LogP contribution in [0.1, 0.15) is 60.0 Å². The monoisotopic (exact) mass is 444 g/mol. The molecular weight excluding hydrogens is 412 g/mol. The number of carbonyl (C=O) groups is 1. The van der Waals surface area contributed by atoms with Gasteiger partial charge in [0.25, 0.3) is 5.91 Å². The SMILES string of the molecule is Cc1ccc(S(=O)(=O)NCc2ccccc2)cc1C(=O)NCCCOC1CCCCC1. The fourth-order valence-corrected chi connectivity index (χ4v) is 4.77. The van der Waals surface area contributed by atoms with Crippen molar-refractivity contribution in [3.63, 3.8) is 0 Å². The van der Waals surface area contributed by atoms with Crippen LogP contribution in [0.25, 0.3) is 0 Å². The van der Waals surface area contributed by atoms with E-state index in [0.29, 0.717) is 24.8 Å². The van der Waals surface area contributed by atoms with Crippen LogP contribution in [-0.4, -0.2) is 33.6 Å². The fourth-order valence-electron chi connectivity index (χ4n) is 3.72. The van der Waals surface area contributed by atoms with Crippen molar-refractivity contribution in [2.75, 3.05) is 13.2 Å². The van der Waals surface area contributed by atoms with Crippen LogP contribution in [0.3, 0.4) is 0 Å². The highest BCUT2D eigenvalue weighted by molar-refractivity contribution is 7.89. The molecule has 0 aliphatic heterocycles. The molecule has 2 aromatic carbocycles. The second kappa shape index (κ2) is 11.4. The third-order valence-electron chi connectivity index (χ3n) is 5.59. The van der Waals surface area contributed by atoms with Gasteiger partial charge in [-0.05, 0) is 49.4 Å². The van der Waals surface area contributed by atoms with E-state index in [9.17, 15) is 13.2 Å². The largest absolute Gasteiger partial charge is 0.378 e. The Labute approximate surface area is 185 Å². The Kier molecular flexibility index (Phi) is 8.63. The molecule has 1 amide bonds. The normalized spacial score (nSPS) is 15.0. The lowest BCUT2D eigenvalue weighted by atomic mass is 9.98. The lowest BCUT2D eigenvalue weighted by Crippen LogP contribution is -2.28. The van der Waals surface area contributed by atoms with Gasteiger partial charge in [-0.3, -0.25) is 4.79 Å². The molecule has 0 saturated heterocycles. The molecule has 0 atom stereocenters. The van der Waals surface area contributed by atoms with Crippen molar-refractivity contribution in [1.29, 1.82) is 0 Å². The van der Waals surface area contributed by atoms with Gasteiger partial charge in [-0.25, -0.2) is 13.1 Å². The average Bonchev–Trinajstić information content (AvgIpc) is 2.79. The van der Waals surface area contributed by atoms with Gasteiger partial charge in [-0.1, -0.05) is 55.7 Å². The van der Waals surface area contributed by atoms with Crippen molar-refractivity contribution in [3.8, 4) is 0 Å². The number of rotatable bonds is 10. The van der Waals surface area contributed by atoms with Crippen LogP contribution >= 0.6 is 0 Å². The summed E-state index contributed by atoms with van der Waals surface area (Å²) in [7, 11) is -3.72. The number of amides is 1. The molecule has 1 aliphatic carbocycles. The van der Waals surface area contributed by atoms with Crippen LogP contribution in [-0.2, 0) is 21.3 Å². The third kappa shape index (κ3) is 7.16. The second-order valence-electron chi connectivity index (χ2n) is 8.03. The number of hydrogen-bond donors (Lipinski definition) is 2. The van der Waals surface area contributed by atoms with E-state index in [2.05, 4.69) is 10.0 Å². The van der Waals surface area contributed by atoms with E-state index in [4.69, 9.17) is 4.74 Å². The van der Waals surface area contributed by atoms with Gasteiger partial charge in [0.1, 0.15) is 0 Å². The van der Waals surface area contributed by atoms with Crippen LogP contribution in [0.4, 0.5) is 0 Å². The van der Waals surface area contributed by atoms with Crippen LogP contribution < -0.4 is 10.0 Å². The standard InChI is InChI=1S/C24H32N2O4S/c1-19-13-14-22(31(28,29)26-18-20-9-4-2-5-10-20)17-23(19)24(27)25-15-8-16-30-21-11-6-3-7-12-21/h2,4-5,9-10,13-14,17,21,26H,3,6-8,11-12,15-16,18H2,1H3,(H,25,27). The number of nitrogens with one attached hydrogen (secondary N) is 2. The molecule has 0 spiro atoms. The number of hydrogen-bond acceptors (Lipinski definition) is 4. The number of aryl methyl sites for hydroxylation is 1. The van der Waals surface area contributed by atoms with Gasteiger partial charge >= 0.3 is 0 Å². The summed E-state index contributed by atoms with van der Waals surface area (Å²) in [4.78, 5) is 12.7. The van der Waals surface area contributed by atoms with Crippen LogP contribution in [0.5, 0.6) is 0 Å². The van der Waals surface area contributed by atoms with Crippen molar-refractivity contribution in [3.05, 3.63) is 65.2 Å². The van der Waals surface area contributed by atoms with Gasteiger partial charge in [0.05, 0.1) is 11.0 Å². The lowest BCUT2D eigenvalue weighted by molar-refractivity contribution is 0.0273. The first-order valence-electron chi connectivity index (χ1n) is 11.0. The fraction of sp³-hybridized carbons (Fsp3) is 0.458. The molecule has 0 radical (unpaired) electrons. The molecule has 2 aromatic rings. The Morgan fingerprint density at radius 2 is 1.81 bits per heavy atom. The zero-order chi connectivity index (χ0) is 22.1. The van der Waals surface area contributed by atoms with Gasteiger partial charge in [0.15, 0.2) is 0 Å². The number of benzene rings is 2. The summed E-state index contributed by atoms with van der Waals surface area (Å²) in [5.41, 5.74) is 1.97. The minimum Gasteiger partial charge on any atom is -0.378 e. The van der Waals surface area contributed by atoms with Gasteiger partial charge in [-0.2, -0.15) is 0 Å². The highest BCUT2D eigenvalue weighted by Crippen LogP contribution is 2.20. The maximum atomic E-state index is 12.7. The van der Waals surface area contributed by atoms with Gasteiger partial charge in [0, 0.05) is 25.3 Å². The first-order valence-corrected chi connectivity index (χ1v) is 12.5. The van der Waals surface area contributed by atoms with E-state index in [1.165, 1.54) is 31.4 Å². The summed E-state index contributed by atoms with van der Waals surface area (Å²) >= 11 is 0. The van der Waals surface area contributed by atoms with Crippen molar-refractivity contribution in [2.45, 2.75) is 63.0 Å². The predicted octanol–water partition coefficient (Wildman–Crippen LogP) is 3.94. The van der Waals surface area contributed by atoms with E-state index >= 15 is 0 Å². The number of sulfonamides is 1. The van der Waals surface area contributed by atoms with Crippen molar-refractivity contribution < 1.29 is 17.9 Å². The Hall–Kier alpha value is -2.22. The summed E-state index contributed by atoms with van der Waals surface area (Å²) in [6.07, 6.45) is 7.12. The van der Waals surface area contributed by atoms with E-state index in [0.717, 1.165) is 30.4 Å². The summed E-state index contributed by atoms with van der Waals surface area (Å²) in [6, 6.07) is 13.9. The van der Waals surface area contributed by atoms with Crippen molar-refractivity contribution in [2.24, 2.45) is 0 Å². The van der Waals surface area contributed by atoms with Crippen molar-refractivity contribution >= 4 is 15.9 Å². The molecular formula is C24H32N2O4S. The van der Waals surface area contributed by atoms with Crippen LogP contribution in [0, 0.1) is 6.92 Å². The Morgan fingerprint density at radius 1 is 1.06 bits per heavy atom. The molecule has 0 heterocycles. The summed E-state index contributed by atoms with van der Waals surface area (Å²) in [5.74, 6) is -0.268. The molecule has 1 aliphatic rings. The smallest absolute Gasteiger partial charge is 0.251 e. The van der Waals surface area contributed by atoms with E-state index in [1.54, 1.807) is 13.0 Å². The third-order valence-corrected chi connectivity index (χ3v) is 6.98. The first-order chi connectivity index (χ1) is 15.0. The van der Waals surface area contributed by atoms with Crippen LogP contribution in [0.2, 0.25) is 0 Å². The number of carbonyl (C=O) groups excluding carboxylic acids is 1. The topological polar surface area (TPSA) is 84.5 Å². The summed E-state index contributed by atoms with van der Waals surface area (Å²) in [6.45, 7) is 3.12. The molecule has 0 bridgehead atoms. The molecule has 0 aromatic heterocycles. The maximum absolute atomic E-state index is 12.7. The van der Waals surface area contributed by atoms with Gasteiger partial charge in [0.2, 0.25) is 10.0 Å². The quantitative estimate of drug-likeness (QED) is 0.544. The first kappa shape index (κ1) is 23.4. The summed E-state index contributed by atoms with van der Waals surface area (Å²) in [5, 5.41) is 2.88. The highest BCUT2D eigenvalue weighted by Gasteiger charge is 2.18. The Morgan fingerprint density at radius 3 is 2.55 bits per heavy atom. The minimum absolute atomic E-state index is 0.0832. The molecule has 2 N–H and O–H groups in total. The Bertz CT molecular complexity index is 955. The Balaban J connectivity index is 1.52. The number of ether oxygens (including phenoxy) is 1. The molecule has 6 nitrogen and oxygen atoms in total. The van der Waals surface area contributed by atoms with E-state index in [1.807, 2.05) is 30.3 Å². The maximum Gasteiger partial charge on any atom is 0.251 e. The van der Waals surface area contributed by atoms with Gasteiger partial charge in [-0.15, -0.1) is 0 Å². The molecule has 31 heavy (non-hydrogen) atoms. The van der Waals surface area contributed by atoms with Crippen LogP contribution in [0.15, 0.2) is 53.4 Å². The summed E-state index contributed by atoms with van der Waals surface area (Å²) < 4.78 is 33.8. The zero-order valence-electron chi connectivity index (χ0n) is 18.1.